The van der Waals surface area contributed by atoms with Gasteiger partial charge in [0.15, 0.2) is 5.13 Å². The molecule has 0 aliphatic heterocycles. The quantitative estimate of drug-likeness (QED) is 0.429. The van der Waals surface area contributed by atoms with Gasteiger partial charge in [0.25, 0.3) is 11.8 Å². The summed E-state index contributed by atoms with van der Waals surface area (Å²) in [5.41, 5.74) is 1.22. The number of carbonyl (C=O) groups is 2. The Balaban J connectivity index is 1.48. The van der Waals surface area contributed by atoms with Gasteiger partial charge < -0.3 is 0 Å². The molecule has 0 aliphatic carbocycles. The Kier molecular flexibility index (Phi) is 6.92. The fourth-order valence-corrected chi connectivity index (χ4v) is 4.70. The Bertz CT molecular complexity index is 1530. The lowest BCUT2D eigenvalue weighted by Gasteiger charge is -2.03. The van der Waals surface area contributed by atoms with E-state index in [1.807, 2.05) is 6.07 Å². The van der Waals surface area contributed by atoms with Crippen molar-refractivity contribution in [1.29, 1.82) is 0 Å². The van der Waals surface area contributed by atoms with Gasteiger partial charge >= 0.3 is 0 Å². The second kappa shape index (κ2) is 10.2. The van der Waals surface area contributed by atoms with Crippen molar-refractivity contribution in [3.05, 3.63) is 107 Å². The Labute approximate surface area is 201 Å². The van der Waals surface area contributed by atoms with Crippen LogP contribution in [0.4, 0.5) is 5.13 Å². The van der Waals surface area contributed by atoms with Gasteiger partial charge in [-0.1, -0.05) is 53.7 Å². The molecule has 168 valence electrons. The highest BCUT2D eigenvalue weighted by molar-refractivity contribution is 7.93. The number of hydrogen-bond donors (Lipinski definition) is 1. The van der Waals surface area contributed by atoms with Gasteiger partial charge in [-0.05, 0) is 36.3 Å². The molecule has 2 aromatic heterocycles. The molecule has 2 aromatic carbocycles. The average Bonchev–Trinajstić information content (AvgIpc) is 3.31. The topological polar surface area (TPSA) is 101 Å². The number of anilines is 1. The van der Waals surface area contributed by atoms with Crippen molar-refractivity contribution in [2.75, 3.05) is 11.6 Å². The van der Waals surface area contributed by atoms with E-state index in [1.54, 1.807) is 66.9 Å². The van der Waals surface area contributed by atoms with Crippen molar-refractivity contribution in [3.63, 3.8) is 0 Å². The third-order valence-electron chi connectivity index (χ3n) is 4.52. The monoisotopic (exact) mass is 486 g/mol. The van der Waals surface area contributed by atoms with Gasteiger partial charge in [-0.3, -0.25) is 19.9 Å². The normalized spacial score (nSPS) is 12.0. The van der Waals surface area contributed by atoms with Gasteiger partial charge in [-0.15, -0.1) is 0 Å². The minimum absolute atomic E-state index is 0.192. The summed E-state index contributed by atoms with van der Waals surface area (Å²) in [5, 5.41) is 3.17. The van der Waals surface area contributed by atoms with Crippen LogP contribution >= 0.6 is 11.3 Å². The van der Waals surface area contributed by atoms with Gasteiger partial charge in [0.2, 0.25) is 0 Å². The van der Waals surface area contributed by atoms with Crippen LogP contribution in [0.2, 0.25) is 0 Å². The van der Waals surface area contributed by atoms with E-state index in [2.05, 4.69) is 31.5 Å². The number of benzene rings is 2. The smallest absolute Gasteiger partial charge is 0.286 e. The first-order valence-electron chi connectivity index (χ1n) is 10.0. The number of amides is 2. The molecule has 4 rings (SSSR count). The molecular weight excluding hydrogens is 468 g/mol. The molecule has 34 heavy (non-hydrogen) atoms. The molecule has 2 amide bonds. The van der Waals surface area contributed by atoms with Gasteiger partial charge in [0, 0.05) is 34.7 Å². The minimum atomic E-state index is -2.88. The largest absolute Gasteiger partial charge is 0.298 e. The lowest BCUT2D eigenvalue weighted by atomic mass is 10.2. The maximum Gasteiger partial charge on any atom is 0.286 e. The van der Waals surface area contributed by atoms with Gasteiger partial charge in [-0.25, -0.2) is 9.19 Å². The zero-order valence-corrected chi connectivity index (χ0v) is 19.6. The fraction of sp³-hybridized carbons (Fsp3) is 0.0400. The summed E-state index contributed by atoms with van der Waals surface area (Å²) in [4.78, 5) is 34.2. The number of rotatable bonds is 4. The lowest BCUT2D eigenvalue weighted by molar-refractivity contribution is 0.100. The predicted molar refractivity (Wildman–Crippen MR) is 132 cm³/mol. The molecule has 0 saturated carbocycles. The number of thiazole rings is 1. The van der Waals surface area contributed by atoms with Crippen molar-refractivity contribution in [3.8, 4) is 11.8 Å². The van der Waals surface area contributed by atoms with Crippen LogP contribution in [0.1, 0.15) is 31.2 Å². The molecule has 0 radical (unpaired) electrons. The Hall–Kier alpha value is -4.13. The Morgan fingerprint density at radius 2 is 1.65 bits per heavy atom. The molecule has 1 N–H and O–H groups in total. The molecule has 1 atom stereocenters. The summed E-state index contributed by atoms with van der Waals surface area (Å²) in [7, 11) is -2.88. The number of aromatic nitrogens is 2. The average molecular weight is 487 g/mol. The van der Waals surface area contributed by atoms with E-state index in [0.717, 1.165) is 0 Å². The van der Waals surface area contributed by atoms with E-state index in [-0.39, 0.29) is 11.5 Å². The van der Waals surface area contributed by atoms with Crippen molar-refractivity contribution >= 4 is 38.0 Å². The highest BCUT2D eigenvalue weighted by atomic mass is 32.2. The van der Waals surface area contributed by atoms with Crippen LogP contribution in [-0.2, 0) is 9.73 Å². The Morgan fingerprint density at radius 1 is 0.941 bits per heavy atom. The molecule has 2 heterocycles. The maximum absolute atomic E-state index is 12.9. The predicted octanol–water partition coefficient (Wildman–Crippen LogP) is 4.49. The molecule has 9 heteroatoms. The fourth-order valence-electron chi connectivity index (χ4n) is 2.84. The molecule has 4 aromatic rings. The van der Waals surface area contributed by atoms with Crippen molar-refractivity contribution in [1.82, 2.24) is 9.97 Å². The molecule has 1 unspecified atom stereocenters. The van der Waals surface area contributed by atoms with Crippen LogP contribution in [0.15, 0.2) is 94.6 Å². The molecule has 0 fully saturated rings. The number of nitrogens with one attached hydrogen (secondary N) is 1. The number of carbonyl (C=O) groups excluding carboxylic acids is 2. The summed E-state index contributed by atoms with van der Waals surface area (Å²) in [6.45, 7) is 0. The van der Waals surface area contributed by atoms with E-state index in [1.165, 1.54) is 30.0 Å². The molecule has 0 aliphatic rings. The van der Waals surface area contributed by atoms with Crippen molar-refractivity contribution in [2.45, 2.75) is 4.90 Å². The molecule has 0 bridgehead atoms. The molecule has 0 spiro atoms. The molecule has 7 nitrogen and oxygen atoms in total. The van der Waals surface area contributed by atoms with E-state index in [4.69, 9.17) is 0 Å². The maximum atomic E-state index is 12.9. The van der Waals surface area contributed by atoms with Crippen LogP contribution in [0, 0.1) is 11.8 Å². The SMILES string of the molecule is CS(=O)(=NC(=O)c1cncc(C#Cc2cnc(NC(=O)c3ccccc3)s2)c1)c1ccccc1. The standard InChI is InChI=1S/C25H18N4O3S2/c1-34(32,22-10-6-3-7-11-22)29-24(31)20-14-18(15-26-16-20)12-13-21-17-27-25(33-21)28-23(30)19-8-4-2-5-9-19/h2-11,14-17H,1H3,(H,27,28,30). The third kappa shape index (κ3) is 5.81. The number of hydrogen-bond acceptors (Lipinski definition) is 6. The zero-order chi connectivity index (χ0) is 24.0. The minimum Gasteiger partial charge on any atom is -0.298 e. The summed E-state index contributed by atoms with van der Waals surface area (Å²) in [6, 6.07) is 19.0. The third-order valence-corrected chi connectivity index (χ3v) is 7.00. The van der Waals surface area contributed by atoms with Gasteiger partial charge in [0.1, 0.15) is 0 Å². The van der Waals surface area contributed by atoms with Crippen LogP contribution in [0.3, 0.4) is 0 Å². The first-order chi connectivity index (χ1) is 16.4. The highest BCUT2D eigenvalue weighted by Gasteiger charge is 2.12. The number of nitrogens with zero attached hydrogens (tertiary/aromatic N) is 3. The lowest BCUT2D eigenvalue weighted by Crippen LogP contribution is -2.11. The van der Waals surface area contributed by atoms with Crippen molar-refractivity contribution in [2.24, 2.45) is 4.36 Å². The van der Waals surface area contributed by atoms with E-state index in [9.17, 15) is 13.8 Å². The van der Waals surface area contributed by atoms with Gasteiger partial charge in [-0.2, -0.15) is 4.36 Å². The van der Waals surface area contributed by atoms with Gasteiger partial charge in [0.05, 0.1) is 26.4 Å². The second-order valence-corrected chi connectivity index (χ2v) is 10.4. The summed E-state index contributed by atoms with van der Waals surface area (Å²) >= 11 is 1.23. The molecular formula is C25H18N4O3S2. The van der Waals surface area contributed by atoms with Crippen LogP contribution < -0.4 is 5.32 Å². The van der Waals surface area contributed by atoms with Crippen LogP contribution in [0.25, 0.3) is 0 Å². The summed E-state index contributed by atoms with van der Waals surface area (Å²) in [5.74, 6) is 5.00. The highest BCUT2D eigenvalue weighted by Crippen LogP contribution is 2.18. The number of pyridine rings is 1. The summed E-state index contributed by atoms with van der Waals surface area (Å²) < 4.78 is 16.8. The van der Waals surface area contributed by atoms with E-state index >= 15 is 0 Å². The molecule has 0 saturated heterocycles. The van der Waals surface area contributed by atoms with E-state index in [0.29, 0.717) is 26.0 Å². The van der Waals surface area contributed by atoms with Crippen LogP contribution in [0.5, 0.6) is 0 Å². The second-order valence-electron chi connectivity index (χ2n) is 7.07. The van der Waals surface area contributed by atoms with Crippen LogP contribution in [-0.4, -0.2) is 32.2 Å². The first-order valence-corrected chi connectivity index (χ1v) is 12.8. The van der Waals surface area contributed by atoms with E-state index < -0.39 is 15.6 Å². The Morgan fingerprint density at radius 3 is 2.38 bits per heavy atom. The summed E-state index contributed by atoms with van der Waals surface area (Å²) in [6.07, 6.45) is 5.86. The zero-order valence-electron chi connectivity index (χ0n) is 18.0. The van der Waals surface area contributed by atoms with Crippen molar-refractivity contribution < 1.29 is 13.8 Å². The first kappa shape index (κ1) is 23.0.